The van der Waals surface area contributed by atoms with Gasteiger partial charge in [-0.1, -0.05) is 22.7 Å². The summed E-state index contributed by atoms with van der Waals surface area (Å²) in [6.45, 7) is 0. The van der Waals surface area contributed by atoms with Crippen molar-refractivity contribution in [2.24, 2.45) is 0 Å². The Hall–Kier alpha value is -1.68. The fourth-order valence-corrected chi connectivity index (χ4v) is 1.40. The van der Waals surface area contributed by atoms with E-state index in [1.165, 1.54) is 22.4 Å². The molecular weight excluding hydrogens is 194 g/mol. The monoisotopic (exact) mass is 203 g/mol. The van der Waals surface area contributed by atoms with Crippen molar-refractivity contribution in [2.75, 3.05) is 0 Å². The first-order valence-corrected chi connectivity index (χ1v) is 5.03. The van der Waals surface area contributed by atoms with Crippen molar-refractivity contribution in [2.45, 2.75) is 0 Å². The zero-order chi connectivity index (χ0) is 9.64. The van der Waals surface area contributed by atoms with E-state index in [0.717, 1.165) is 0 Å². The highest BCUT2D eigenvalue weighted by molar-refractivity contribution is 7.03. The maximum absolute atomic E-state index is 3.51. The van der Waals surface area contributed by atoms with Gasteiger partial charge in [0.05, 0.1) is 6.20 Å². The van der Waals surface area contributed by atoms with Gasteiger partial charge in [-0.05, 0) is 29.1 Å². The molecule has 0 aliphatic carbocycles. The first kappa shape index (κ1) is 8.90. The van der Waals surface area contributed by atoms with Crippen LogP contribution >= 0.6 is 11.5 Å². The fraction of sp³-hybridized carbons (Fsp3) is 0. The molecule has 0 radical (unpaired) electrons. The lowest BCUT2D eigenvalue weighted by Crippen LogP contribution is -1.61. The smallest absolute Gasteiger partial charge is 0.0620 e. The molecule has 0 unspecified atom stereocenters. The number of aromatic nitrogens is 3. The minimum absolute atomic E-state index is 1.21. The van der Waals surface area contributed by atoms with Crippen LogP contribution < -0.4 is 0 Å². The van der Waals surface area contributed by atoms with Gasteiger partial charge < -0.3 is 4.98 Å². The number of hydrogen-bond donors (Lipinski definition) is 1. The van der Waals surface area contributed by atoms with Crippen LogP contribution in [-0.4, -0.2) is 14.6 Å². The average molecular weight is 203 g/mol. The van der Waals surface area contributed by atoms with Crippen LogP contribution in [0.15, 0.2) is 48.1 Å². The highest BCUT2D eigenvalue weighted by Gasteiger charge is 1.86. The molecule has 1 aromatic carbocycles. The van der Waals surface area contributed by atoms with Gasteiger partial charge in [0.2, 0.25) is 0 Å². The molecule has 0 aliphatic rings. The maximum atomic E-state index is 3.51. The number of benzene rings is 1. The van der Waals surface area contributed by atoms with Crippen LogP contribution in [0.25, 0.3) is 10.9 Å². The molecule has 0 amide bonds. The van der Waals surface area contributed by atoms with Gasteiger partial charge in [0, 0.05) is 17.1 Å². The predicted molar refractivity (Wildman–Crippen MR) is 58.2 cm³/mol. The summed E-state index contributed by atoms with van der Waals surface area (Å²) in [7, 11) is 0. The first-order valence-electron chi connectivity index (χ1n) is 4.20. The normalized spacial score (nSPS) is 9.43. The van der Waals surface area contributed by atoms with E-state index in [4.69, 9.17) is 0 Å². The SMILES string of the molecule is c1ccc2[nH]ccc2c1.c1csnn1. The lowest BCUT2D eigenvalue weighted by molar-refractivity contribution is 1.16. The van der Waals surface area contributed by atoms with Crippen LogP contribution in [-0.2, 0) is 0 Å². The maximum Gasteiger partial charge on any atom is 0.0620 e. The Morgan fingerprint density at radius 1 is 1.14 bits per heavy atom. The Kier molecular flexibility index (Phi) is 2.88. The Morgan fingerprint density at radius 3 is 2.71 bits per heavy atom. The van der Waals surface area contributed by atoms with Crippen molar-refractivity contribution in [3.8, 4) is 0 Å². The van der Waals surface area contributed by atoms with Crippen molar-refractivity contribution >= 4 is 22.4 Å². The number of hydrogen-bond acceptors (Lipinski definition) is 3. The Bertz CT molecular complexity index is 425. The van der Waals surface area contributed by atoms with E-state index in [2.05, 4.69) is 32.8 Å². The summed E-state index contributed by atoms with van der Waals surface area (Å²) in [5.41, 5.74) is 1.21. The van der Waals surface area contributed by atoms with Gasteiger partial charge in [-0.15, -0.1) is 5.10 Å². The third-order valence-electron chi connectivity index (χ3n) is 1.75. The molecule has 0 bridgehead atoms. The molecule has 3 aromatic rings. The molecule has 3 nitrogen and oxygen atoms in total. The molecule has 0 saturated carbocycles. The average Bonchev–Trinajstić information content (AvgIpc) is 2.92. The van der Waals surface area contributed by atoms with E-state index in [0.29, 0.717) is 0 Å². The van der Waals surface area contributed by atoms with Gasteiger partial charge in [0.1, 0.15) is 0 Å². The van der Waals surface area contributed by atoms with Crippen LogP contribution in [0.1, 0.15) is 0 Å². The third-order valence-corrected chi connectivity index (χ3v) is 2.18. The molecule has 0 spiro atoms. The van der Waals surface area contributed by atoms with E-state index in [-0.39, 0.29) is 0 Å². The summed E-state index contributed by atoms with van der Waals surface area (Å²) >= 11 is 1.35. The topological polar surface area (TPSA) is 41.6 Å². The van der Waals surface area contributed by atoms with Crippen molar-refractivity contribution in [3.63, 3.8) is 0 Å². The number of fused-ring (bicyclic) bond motifs is 1. The summed E-state index contributed by atoms with van der Waals surface area (Å²) in [6.07, 6.45) is 3.61. The summed E-state index contributed by atoms with van der Waals surface area (Å²) in [6, 6.07) is 10.3. The first-order chi connectivity index (χ1) is 6.97. The lowest BCUT2D eigenvalue weighted by Gasteiger charge is -1.83. The minimum Gasteiger partial charge on any atom is -0.361 e. The molecule has 2 aromatic heterocycles. The van der Waals surface area contributed by atoms with Crippen LogP contribution in [0.4, 0.5) is 0 Å². The van der Waals surface area contributed by atoms with Crippen LogP contribution in [0.5, 0.6) is 0 Å². The molecule has 70 valence electrons. The summed E-state index contributed by atoms with van der Waals surface area (Å²) in [4.78, 5) is 3.12. The van der Waals surface area contributed by atoms with Gasteiger partial charge in [-0.2, -0.15) is 0 Å². The van der Waals surface area contributed by atoms with Crippen molar-refractivity contribution in [3.05, 3.63) is 48.1 Å². The molecule has 0 atom stereocenters. The minimum atomic E-state index is 1.21. The Balaban J connectivity index is 0.000000128. The largest absolute Gasteiger partial charge is 0.361 e. The fourth-order valence-electron chi connectivity index (χ4n) is 1.13. The van der Waals surface area contributed by atoms with E-state index in [9.17, 15) is 0 Å². The molecule has 14 heavy (non-hydrogen) atoms. The molecule has 0 saturated heterocycles. The van der Waals surface area contributed by atoms with Crippen LogP contribution in [0.3, 0.4) is 0 Å². The number of H-pyrrole nitrogens is 1. The highest BCUT2D eigenvalue weighted by Crippen LogP contribution is 2.09. The quantitative estimate of drug-likeness (QED) is 0.610. The van der Waals surface area contributed by atoms with Gasteiger partial charge in [-0.25, -0.2) is 0 Å². The predicted octanol–water partition coefficient (Wildman–Crippen LogP) is 2.71. The molecule has 0 fully saturated rings. The van der Waals surface area contributed by atoms with Gasteiger partial charge >= 0.3 is 0 Å². The second-order valence-corrected chi connectivity index (χ2v) is 3.30. The zero-order valence-corrected chi connectivity index (χ0v) is 8.24. The van der Waals surface area contributed by atoms with E-state index in [1.807, 2.05) is 23.7 Å². The summed E-state index contributed by atoms with van der Waals surface area (Å²) < 4.78 is 3.51. The van der Waals surface area contributed by atoms with Crippen molar-refractivity contribution in [1.29, 1.82) is 0 Å². The number of nitrogens with zero attached hydrogens (tertiary/aromatic N) is 2. The summed E-state index contributed by atoms with van der Waals surface area (Å²) in [5.74, 6) is 0. The standard InChI is InChI=1S/C8H7N.C2H2N2S/c1-2-4-8-7(3-1)5-6-9-8;1-2-5-4-3-1/h1-6,9H;1-2H. The molecule has 0 aliphatic heterocycles. The molecule has 3 rings (SSSR count). The van der Waals surface area contributed by atoms with Crippen molar-refractivity contribution < 1.29 is 0 Å². The van der Waals surface area contributed by atoms with Gasteiger partial charge in [0.25, 0.3) is 0 Å². The molecule has 4 heteroatoms. The molecule has 2 heterocycles. The van der Waals surface area contributed by atoms with E-state index >= 15 is 0 Å². The van der Waals surface area contributed by atoms with Crippen LogP contribution in [0, 0.1) is 0 Å². The molecule has 1 N–H and O–H groups in total. The number of aromatic amines is 1. The van der Waals surface area contributed by atoms with Crippen molar-refractivity contribution in [1.82, 2.24) is 14.6 Å². The number of rotatable bonds is 0. The van der Waals surface area contributed by atoms with Gasteiger partial charge in [-0.3, -0.25) is 0 Å². The highest BCUT2D eigenvalue weighted by atomic mass is 32.1. The molecular formula is C10H9N3S. The second-order valence-electron chi connectivity index (χ2n) is 2.65. The van der Waals surface area contributed by atoms with E-state index in [1.54, 1.807) is 6.20 Å². The third kappa shape index (κ3) is 2.17. The lowest BCUT2D eigenvalue weighted by atomic mass is 10.3. The second kappa shape index (κ2) is 4.53. The number of nitrogens with one attached hydrogen (secondary N) is 1. The van der Waals surface area contributed by atoms with Crippen LogP contribution in [0.2, 0.25) is 0 Å². The number of para-hydroxylation sites is 1. The Labute approximate surface area is 85.6 Å². The zero-order valence-electron chi connectivity index (χ0n) is 7.42. The Morgan fingerprint density at radius 2 is 2.07 bits per heavy atom. The van der Waals surface area contributed by atoms with E-state index < -0.39 is 0 Å². The van der Waals surface area contributed by atoms with Gasteiger partial charge in [0.15, 0.2) is 0 Å². The summed E-state index contributed by atoms with van der Waals surface area (Å²) in [5, 5.41) is 6.59.